The van der Waals surface area contributed by atoms with E-state index < -0.39 is 16.4 Å². The molecule has 36 heavy (non-hydrogen) atoms. The number of benzene rings is 2. The van der Waals surface area contributed by atoms with E-state index in [9.17, 15) is 14.7 Å². The Hall–Kier alpha value is -2.98. The van der Waals surface area contributed by atoms with Gasteiger partial charge in [0.1, 0.15) is 17.7 Å². The molecule has 2 atom stereocenters. The van der Waals surface area contributed by atoms with Gasteiger partial charge in [-0.15, -0.1) is 0 Å². The van der Waals surface area contributed by atoms with E-state index in [1.807, 2.05) is 93.6 Å². The number of carbonyl (C=O) groups is 2. The molecule has 4 heteroatoms. The van der Waals surface area contributed by atoms with Gasteiger partial charge in [-0.2, -0.15) is 0 Å². The summed E-state index contributed by atoms with van der Waals surface area (Å²) in [5, 5.41) is 12.5. The van der Waals surface area contributed by atoms with Crippen LogP contribution < -0.4 is 0 Å². The van der Waals surface area contributed by atoms with Crippen molar-refractivity contribution in [3.05, 3.63) is 95.7 Å². The van der Waals surface area contributed by atoms with E-state index in [4.69, 9.17) is 0 Å². The van der Waals surface area contributed by atoms with Gasteiger partial charge in [0, 0.05) is 24.1 Å². The molecule has 2 aromatic rings. The fraction of sp³-hybridized carbons (Fsp3) is 0.438. The van der Waals surface area contributed by atoms with Crippen molar-refractivity contribution in [1.82, 2.24) is 4.90 Å². The van der Waals surface area contributed by atoms with Gasteiger partial charge in [-0.05, 0) is 49.3 Å². The SMILES string of the molecule is CCCC(=O)C1(C(C)(C)C=O)C=CC(N2CCCCC2C(O)(c2ccccc2)c2ccccc2)=CC1. The van der Waals surface area contributed by atoms with Crippen LogP contribution in [-0.2, 0) is 15.2 Å². The molecule has 1 fully saturated rings. The average Bonchev–Trinajstić information content (AvgIpc) is 2.93. The molecule has 2 unspecified atom stereocenters. The summed E-state index contributed by atoms with van der Waals surface area (Å²) in [6.45, 7) is 6.56. The summed E-state index contributed by atoms with van der Waals surface area (Å²) in [5.41, 5.74) is -0.0489. The Labute approximate surface area is 215 Å². The number of aldehydes is 1. The van der Waals surface area contributed by atoms with Gasteiger partial charge in [0.05, 0.1) is 11.5 Å². The lowest BCUT2D eigenvalue weighted by Crippen LogP contribution is -2.53. The average molecular weight is 486 g/mol. The summed E-state index contributed by atoms with van der Waals surface area (Å²) in [5.74, 6) is 0.119. The van der Waals surface area contributed by atoms with E-state index in [1.54, 1.807) is 0 Å². The van der Waals surface area contributed by atoms with Crippen molar-refractivity contribution in [1.29, 1.82) is 0 Å². The molecule has 2 aliphatic rings. The fourth-order valence-corrected chi connectivity index (χ4v) is 6.05. The second-order valence-electron chi connectivity index (χ2n) is 10.9. The van der Waals surface area contributed by atoms with E-state index in [1.165, 1.54) is 0 Å². The second kappa shape index (κ2) is 10.6. The van der Waals surface area contributed by atoms with E-state index in [0.29, 0.717) is 12.8 Å². The number of ketones is 1. The van der Waals surface area contributed by atoms with Crippen LogP contribution in [0.25, 0.3) is 0 Å². The first-order chi connectivity index (χ1) is 17.3. The van der Waals surface area contributed by atoms with Gasteiger partial charge >= 0.3 is 0 Å². The normalized spacial score (nSPS) is 22.7. The van der Waals surface area contributed by atoms with E-state index in [0.717, 1.165) is 55.3 Å². The number of hydrogen-bond donors (Lipinski definition) is 1. The maximum Gasteiger partial charge on any atom is 0.144 e. The van der Waals surface area contributed by atoms with Crippen molar-refractivity contribution in [3.8, 4) is 0 Å². The van der Waals surface area contributed by atoms with Crippen LogP contribution in [-0.4, -0.2) is 34.7 Å². The van der Waals surface area contributed by atoms with Crippen LogP contribution in [0.2, 0.25) is 0 Å². The lowest BCUT2D eigenvalue weighted by atomic mass is 9.59. The zero-order valence-electron chi connectivity index (χ0n) is 21.8. The molecule has 1 heterocycles. The van der Waals surface area contributed by atoms with Crippen LogP contribution in [0.5, 0.6) is 0 Å². The van der Waals surface area contributed by atoms with Gasteiger partial charge in [-0.3, -0.25) is 4.79 Å². The number of nitrogens with zero attached hydrogens (tertiary/aromatic N) is 1. The van der Waals surface area contributed by atoms with Crippen molar-refractivity contribution >= 4 is 12.1 Å². The Morgan fingerprint density at radius 3 is 2.17 bits per heavy atom. The number of Topliss-reactive ketones (excluding diaryl/α,β-unsaturated/α-hetero) is 1. The molecule has 0 amide bonds. The molecule has 4 nitrogen and oxygen atoms in total. The quantitative estimate of drug-likeness (QED) is 0.430. The molecule has 1 aliphatic carbocycles. The van der Waals surface area contributed by atoms with Crippen molar-refractivity contribution < 1.29 is 14.7 Å². The highest BCUT2D eigenvalue weighted by Crippen LogP contribution is 2.48. The van der Waals surface area contributed by atoms with Crippen LogP contribution in [0.3, 0.4) is 0 Å². The molecule has 0 aromatic heterocycles. The minimum Gasteiger partial charge on any atom is -0.378 e. The van der Waals surface area contributed by atoms with E-state index in [2.05, 4.69) is 11.0 Å². The largest absolute Gasteiger partial charge is 0.378 e. The zero-order chi connectivity index (χ0) is 25.8. The van der Waals surface area contributed by atoms with Gasteiger partial charge in [0.15, 0.2) is 0 Å². The summed E-state index contributed by atoms with van der Waals surface area (Å²) in [7, 11) is 0. The molecule has 1 aliphatic heterocycles. The smallest absolute Gasteiger partial charge is 0.144 e. The molecular formula is C32H39NO3. The first kappa shape index (κ1) is 26.1. The van der Waals surface area contributed by atoms with Crippen molar-refractivity contribution in [2.75, 3.05) is 6.54 Å². The first-order valence-electron chi connectivity index (χ1n) is 13.3. The zero-order valence-corrected chi connectivity index (χ0v) is 21.8. The van der Waals surface area contributed by atoms with Crippen LogP contribution in [0.15, 0.2) is 84.6 Å². The number of likely N-dealkylation sites (tertiary alicyclic amines) is 1. The molecule has 2 aromatic carbocycles. The molecule has 0 bridgehead atoms. The second-order valence-corrected chi connectivity index (χ2v) is 10.9. The predicted molar refractivity (Wildman–Crippen MR) is 144 cm³/mol. The van der Waals surface area contributed by atoms with Crippen LogP contribution in [0, 0.1) is 10.8 Å². The van der Waals surface area contributed by atoms with Crippen molar-refractivity contribution in [3.63, 3.8) is 0 Å². The lowest BCUT2D eigenvalue weighted by molar-refractivity contribution is -0.137. The summed E-state index contributed by atoms with van der Waals surface area (Å²) in [6.07, 6.45) is 11.7. The summed E-state index contributed by atoms with van der Waals surface area (Å²) >= 11 is 0. The monoisotopic (exact) mass is 485 g/mol. The number of rotatable bonds is 9. The summed E-state index contributed by atoms with van der Waals surface area (Å²) in [6, 6.07) is 19.7. The van der Waals surface area contributed by atoms with Crippen LogP contribution in [0.1, 0.15) is 70.4 Å². The van der Waals surface area contributed by atoms with Gasteiger partial charge < -0.3 is 14.8 Å². The highest BCUT2D eigenvalue weighted by molar-refractivity contribution is 5.91. The Balaban J connectivity index is 1.75. The van der Waals surface area contributed by atoms with Crippen LogP contribution in [0.4, 0.5) is 0 Å². The predicted octanol–water partition coefficient (Wildman–Crippen LogP) is 6.20. The summed E-state index contributed by atoms with van der Waals surface area (Å²) in [4.78, 5) is 27.7. The standard InChI is InChI=1S/C32H39NO3/c1-4-13-29(35)31(30(2,3)24-34)21-19-27(20-22-31)33-23-12-11-18-28(33)32(36,25-14-7-5-8-15-25)26-16-9-6-10-17-26/h5-10,14-17,19-21,24,28,36H,4,11-13,18,22-23H2,1-3H3. The maximum atomic E-state index is 13.3. The molecule has 0 saturated carbocycles. The molecule has 1 saturated heterocycles. The van der Waals surface area contributed by atoms with Crippen molar-refractivity contribution in [2.24, 2.45) is 10.8 Å². The van der Waals surface area contributed by atoms with E-state index in [-0.39, 0.29) is 11.8 Å². The third kappa shape index (κ3) is 4.48. The minimum absolute atomic E-state index is 0.119. The molecular weight excluding hydrogens is 446 g/mol. The minimum atomic E-state index is -1.19. The number of aliphatic hydroxyl groups is 1. The molecule has 190 valence electrons. The Morgan fingerprint density at radius 2 is 1.67 bits per heavy atom. The molecule has 0 spiro atoms. The molecule has 1 N–H and O–H groups in total. The highest BCUT2D eigenvalue weighted by Gasteiger charge is 2.50. The van der Waals surface area contributed by atoms with E-state index >= 15 is 0 Å². The number of piperidine rings is 1. The first-order valence-corrected chi connectivity index (χ1v) is 13.3. The third-order valence-corrected chi connectivity index (χ3v) is 8.34. The lowest BCUT2D eigenvalue weighted by Gasteiger charge is -2.49. The maximum absolute atomic E-state index is 13.3. The number of carbonyl (C=O) groups excluding carboxylic acids is 2. The van der Waals surface area contributed by atoms with Crippen molar-refractivity contribution in [2.45, 2.75) is 70.9 Å². The van der Waals surface area contributed by atoms with Gasteiger partial charge in [0.25, 0.3) is 0 Å². The number of allylic oxidation sites excluding steroid dienone is 3. The topological polar surface area (TPSA) is 57.6 Å². The Morgan fingerprint density at radius 1 is 1.06 bits per heavy atom. The van der Waals surface area contributed by atoms with Gasteiger partial charge in [-0.25, -0.2) is 0 Å². The van der Waals surface area contributed by atoms with Gasteiger partial charge in [0.2, 0.25) is 0 Å². The molecule has 0 radical (unpaired) electrons. The number of hydrogen-bond acceptors (Lipinski definition) is 4. The van der Waals surface area contributed by atoms with Crippen LogP contribution >= 0.6 is 0 Å². The summed E-state index contributed by atoms with van der Waals surface area (Å²) < 4.78 is 0. The fourth-order valence-electron chi connectivity index (χ4n) is 6.05. The highest BCUT2D eigenvalue weighted by atomic mass is 16.3. The Bertz CT molecular complexity index is 1080. The third-order valence-electron chi connectivity index (χ3n) is 8.34. The van der Waals surface area contributed by atoms with Gasteiger partial charge in [-0.1, -0.05) is 93.6 Å². The molecule has 4 rings (SSSR count). The Kier molecular flexibility index (Phi) is 7.65.